The Hall–Kier alpha value is -1.60. The molecule has 110 valence electrons. The van der Waals surface area contributed by atoms with Crippen molar-refractivity contribution in [2.45, 2.75) is 51.0 Å². The van der Waals surface area contributed by atoms with Crippen LogP contribution in [-0.2, 0) is 0 Å². The number of benzene rings is 2. The molecule has 0 aliphatic heterocycles. The molecule has 1 nitrogen and oxygen atoms in total. The Balaban J connectivity index is 1.96. The first-order chi connectivity index (χ1) is 10.1. The monoisotopic (exact) mass is 280 g/mol. The van der Waals surface area contributed by atoms with Gasteiger partial charge >= 0.3 is 0 Å². The van der Waals surface area contributed by atoms with Gasteiger partial charge in [0.25, 0.3) is 0 Å². The van der Waals surface area contributed by atoms with Gasteiger partial charge < -0.3 is 5.11 Å². The molecule has 2 aromatic carbocycles. The quantitative estimate of drug-likeness (QED) is 0.844. The number of hydrogen-bond acceptors (Lipinski definition) is 1. The minimum absolute atomic E-state index is 0.224. The van der Waals surface area contributed by atoms with Crippen molar-refractivity contribution < 1.29 is 5.11 Å². The van der Waals surface area contributed by atoms with Crippen LogP contribution in [0.4, 0.5) is 0 Å². The van der Waals surface area contributed by atoms with E-state index in [0.29, 0.717) is 5.92 Å². The van der Waals surface area contributed by atoms with E-state index in [-0.39, 0.29) is 12.0 Å². The molecule has 0 amide bonds. The zero-order valence-electron chi connectivity index (χ0n) is 12.9. The number of aryl methyl sites for hydroxylation is 2. The molecule has 1 aliphatic rings. The standard InChI is InChI=1S/C20H24O/c1-14-6-10-16(11-7-14)18-4-3-5-19(21)20(18)17-12-8-15(2)9-13-17/h6-13,18-21H,3-5H2,1-2H3. The molecule has 0 bridgehead atoms. The molecule has 1 heteroatoms. The highest BCUT2D eigenvalue weighted by Gasteiger charge is 2.34. The van der Waals surface area contributed by atoms with E-state index in [1.807, 2.05) is 0 Å². The number of aliphatic hydroxyl groups is 1. The molecule has 3 atom stereocenters. The van der Waals surface area contributed by atoms with Crippen LogP contribution in [0.3, 0.4) is 0 Å². The first-order valence-corrected chi connectivity index (χ1v) is 7.96. The Morgan fingerprint density at radius 2 is 1.29 bits per heavy atom. The summed E-state index contributed by atoms with van der Waals surface area (Å²) in [5, 5.41) is 10.6. The van der Waals surface area contributed by atoms with Crippen molar-refractivity contribution >= 4 is 0 Å². The van der Waals surface area contributed by atoms with Crippen molar-refractivity contribution in [2.24, 2.45) is 0 Å². The fourth-order valence-corrected chi connectivity index (χ4v) is 3.60. The summed E-state index contributed by atoms with van der Waals surface area (Å²) < 4.78 is 0. The molecule has 0 heterocycles. The van der Waals surface area contributed by atoms with Gasteiger partial charge in [-0.15, -0.1) is 0 Å². The predicted octanol–water partition coefficient (Wildman–Crippen LogP) is 4.72. The van der Waals surface area contributed by atoms with Crippen LogP contribution in [0.15, 0.2) is 48.5 Å². The summed E-state index contributed by atoms with van der Waals surface area (Å²) >= 11 is 0. The predicted molar refractivity (Wildman–Crippen MR) is 87.7 cm³/mol. The molecule has 0 radical (unpaired) electrons. The van der Waals surface area contributed by atoms with Gasteiger partial charge in [-0.3, -0.25) is 0 Å². The maximum atomic E-state index is 10.6. The Morgan fingerprint density at radius 3 is 1.86 bits per heavy atom. The van der Waals surface area contributed by atoms with E-state index in [2.05, 4.69) is 62.4 Å². The van der Waals surface area contributed by atoms with Crippen molar-refractivity contribution in [2.75, 3.05) is 0 Å². The fourth-order valence-electron chi connectivity index (χ4n) is 3.60. The average molecular weight is 280 g/mol. The summed E-state index contributed by atoms with van der Waals surface area (Å²) in [4.78, 5) is 0. The Morgan fingerprint density at radius 1 is 0.762 bits per heavy atom. The SMILES string of the molecule is Cc1ccc(C2CCCC(O)C2c2ccc(C)cc2)cc1. The summed E-state index contributed by atoms with van der Waals surface area (Å²) in [6, 6.07) is 17.5. The first kappa shape index (κ1) is 14.3. The number of aliphatic hydroxyl groups excluding tert-OH is 1. The molecule has 3 rings (SSSR count). The Labute approximate surface area is 127 Å². The maximum absolute atomic E-state index is 10.6. The highest BCUT2D eigenvalue weighted by molar-refractivity contribution is 5.33. The highest BCUT2D eigenvalue weighted by atomic mass is 16.3. The van der Waals surface area contributed by atoms with Crippen LogP contribution in [0.5, 0.6) is 0 Å². The van der Waals surface area contributed by atoms with Crippen LogP contribution in [-0.4, -0.2) is 11.2 Å². The smallest absolute Gasteiger partial charge is 0.0614 e. The molecule has 0 aromatic heterocycles. The lowest BCUT2D eigenvalue weighted by Gasteiger charge is -2.36. The molecule has 1 aliphatic carbocycles. The zero-order valence-corrected chi connectivity index (χ0v) is 12.9. The summed E-state index contributed by atoms with van der Waals surface area (Å²) in [5.41, 5.74) is 5.21. The van der Waals surface area contributed by atoms with Crippen LogP contribution >= 0.6 is 0 Å². The highest BCUT2D eigenvalue weighted by Crippen LogP contribution is 2.44. The third-order valence-corrected chi connectivity index (χ3v) is 4.83. The first-order valence-electron chi connectivity index (χ1n) is 7.96. The van der Waals surface area contributed by atoms with Gasteiger partial charge in [0.15, 0.2) is 0 Å². The zero-order chi connectivity index (χ0) is 14.8. The van der Waals surface area contributed by atoms with Crippen LogP contribution in [0.25, 0.3) is 0 Å². The molecule has 2 aromatic rings. The summed E-state index contributed by atoms with van der Waals surface area (Å²) in [5.74, 6) is 0.652. The van der Waals surface area contributed by atoms with Gasteiger partial charge in [0, 0.05) is 5.92 Å². The second-order valence-corrected chi connectivity index (χ2v) is 6.45. The molecule has 1 fully saturated rings. The van der Waals surface area contributed by atoms with Crippen LogP contribution in [0, 0.1) is 13.8 Å². The molecule has 1 N–H and O–H groups in total. The molecular weight excluding hydrogens is 256 g/mol. The van der Waals surface area contributed by atoms with Gasteiger partial charge in [-0.05, 0) is 43.7 Å². The minimum atomic E-state index is -0.229. The van der Waals surface area contributed by atoms with Crippen molar-refractivity contribution in [1.29, 1.82) is 0 Å². The van der Waals surface area contributed by atoms with Gasteiger partial charge in [-0.2, -0.15) is 0 Å². The van der Waals surface area contributed by atoms with E-state index < -0.39 is 0 Å². The second kappa shape index (κ2) is 6.03. The van der Waals surface area contributed by atoms with Gasteiger partial charge in [-0.25, -0.2) is 0 Å². The summed E-state index contributed by atoms with van der Waals surface area (Å²) in [6.07, 6.45) is 2.97. The summed E-state index contributed by atoms with van der Waals surface area (Å²) in [6.45, 7) is 4.23. The van der Waals surface area contributed by atoms with E-state index >= 15 is 0 Å². The molecular formula is C20H24O. The maximum Gasteiger partial charge on any atom is 0.0614 e. The van der Waals surface area contributed by atoms with Gasteiger partial charge in [-0.1, -0.05) is 66.1 Å². The van der Waals surface area contributed by atoms with Crippen molar-refractivity contribution in [3.8, 4) is 0 Å². The molecule has 1 saturated carbocycles. The fraction of sp³-hybridized carbons (Fsp3) is 0.400. The molecule has 0 saturated heterocycles. The van der Waals surface area contributed by atoms with Crippen LogP contribution in [0.1, 0.15) is 53.4 Å². The van der Waals surface area contributed by atoms with E-state index in [0.717, 1.165) is 12.8 Å². The van der Waals surface area contributed by atoms with E-state index in [4.69, 9.17) is 0 Å². The summed E-state index contributed by atoms with van der Waals surface area (Å²) in [7, 11) is 0. The van der Waals surface area contributed by atoms with E-state index in [1.165, 1.54) is 28.7 Å². The minimum Gasteiger partial charge on any atom is -0.392 e. The van der Waals surface area contributed by atoms with Crippen molar-refractivity contribution in [3.05, 3.63) is 70.8 Å². The van der Waals surface area contributed by atoms with Gasteiger partial charge in [0.1, 0.15) is 0 Å². The second-order valence-electron chi connectivity index (χ2n) is 6.45. The molecule has 0 spiro atoms. The molecule has 3 unspecified atom stereocenters. The topological polar surface area (TPSA) is 20.2 Å². The van der Waals surface area contributed by atoms with Crippen LogP contribution in [0.2, 0.25) is 0 Å². The largest absolute Gasteiger partial charge is 0.392 e. The van der Waals surface area contributed by atoms with E-state index in [1.54, 1.807) is 0 Å². The number of rotatable bonds is 2. The lowest BCUT2D eigenvalue weighted by Crippen LogP contribution is -2.29. The van der Waals surface area contributed by atoms with Crippen LogP contribution < -0.4 is 0 Å². The van der Waals surface area contributed by atoms with Gasteiger partial charge in [0.2, 0.25) is 0 Å². The third-order valence-electron chi connectivity index (χ3n) is 4.83. The average Bonchev–Trinajstić information content (AvgIpc) is 2.49. The van der Waals surface area contributed by atoms with Crippen molar-refractivity contribution in [1.82, 2.24) is 0 Å². The Bertz CT molecular complexity index is 582. The lowest BCUT2D eigenvalue weighted by atomic mass is 9.70. The van der Waals surface area contributed by atoms with E-state index in [9.17, 15) is 5.11 Å². The molecule has 21 heavy (non-hydrogen) atoms. The lowest BCUT2D eigenvalue weighted by molar-refractivity contribution is 0.0938. The normalized spacial score (nSPS) is 25.8. The Kier molecular flexibility index (Phi) is 4.12. The van der Waals surface area contributed by atoms with Gasteiger partial charge in [0.05, 0.1) is 6.10 Å². The number of hydrogen-bond donors (Lipinski definition) is 1. The third kappa shape index (κ3) is 3.03. The van der Waals surface area contributed by atoms with Crippen molar-refractivity contribution in [3.63, 3.8) is 0 Å².